The van der Waals surface area contributed by atoms with Crippen molar-refractivity contribution in [3.63, 3.8) is 0 Å². The van der Waals surface area contributed by atoms with Gasteiger partial charge >= 0.3 is 0 Å². The van der Waals surface area contributed by atoms with Crippen molar-refractivity contribution in [2.24, 2.45) is 0 Å². The molecule has 3 aromatic rings. The smallest absolute Gasteiger partial charge is 0.293 e. The van der Waals surface area contributed by atoms with E-state index in [9.17, 15) is 9.59 Å². The number of aromatic nitrogens is 4. The third-order valence-corrected chi connectivity index (χ3v) is 4.81. The first kappa shape index (κ1) is 15.6. The lowest BCUT2D eigenvalue weighted by Crippen LogP contribution is -2.30. The molecule has 130 valence electrons. The van der Waals surface area contributed by atoms with E-state index in [-0.39, 0.29) is 23.3 Å². The quantitative estimate of drug-likeness (QED) is 0.768. The number of H-pyrrole nitrogens is 1. The number of hydrogen-bond donors (Lipinski definition) is 1. The first-order valence-electron chi connectivity index (χ1n) is 8.29. The number of amides is 1. The van der Waals surface area contributed by atoms with Gasteiger partial charge in [-0.25, -0.2) is 9.50 Å². The van der Waals surface area contributed by atoms with Crippen LogP contribution in [0.4, 0.5) is 0 Å². The minimum absolute atomic E-state index is 0.115. The number of rotatable bonds is 2. The van der Waals surface area contributed by atoms with Crippen molar-refractivity contribution in [3.05, 3.63) is 50.9 Å². The Hall–Kier alpha value is -2.90. The van der Waals surface area contributed by atoms with Crippen LogP contribution in [0.3, 0.4) is 0 Å². The Morgan fingerprint density at radius 1 is 1.32 bits per heavy atom. The number of carbonyl (C=O) groups is 1. The Morgan fingerprint density at radius 2 is 2.12 bits per heavy atom. The van der Waals surface area contributed by atoms with Crippen molar-refractivity contribution in [2.75, 3.05) is 6.54 Å². The molecule has 1 fully saturated rings. The lowest BCUT2D eigenvalue weighted by molar-refractivity contribution is 0.0690. The third kappa shape index (κ3) is 2.45. The molecule has 1 amide bonds. The molecule has 1 atom stereocenters. The van der Waals surface area contributed by atoms with Crippen LogP contribution in [0.15, 0.2) is 21.5 Å². The van der Waals surface area contributed by atoms with Crippen LogP contribution >= 0.6 is 0 Å². The summed E-state index contributed by atoms with van der Waals surface area (Å²) in [7, 11) is 0. The molecule has 0 aliphatic carbocycles. The van der Waals surface area contributed by atoms with Crippen LogP contribution in [0, 0.1) is 20.8 Å². The van der Waals surface area contributed by atoms with Crippen LogP contribution in [-0.2, 0) is 0 Å². The highest BCUT2D eigenvalue weighted by Gasteiger charge is 2.33. The van der Waals surface area contributed by atoms with Gasteiger partial charge in [-0.3, -0.25) is 14.7 Å². The summed E-state index contributed by atoms with van der Waals surface area (Å²) in [5.74, 6) is 0.0527. The average molecular weight is 341 g/mol. The van der Waals surface area contributed by atoms with E-state index in [1.807, 2.05) is 13.0 Å². The van der Waals surface area contributed by atoms with Crippen molar-refractivity contribution in [3.8, 4) is 0 Å². The summed E-state index contributed by atoms with van der Waals surface area (Å²) in [5, 5.41) is 6.90. The van der Waals surface area contributed by atoms with Gasteiger partial charge in [0.1, 0.15) is 0 Å². The van der Waals surface area contributed by atoms with Crippen molar-refractivity contribution in [1.29, 1.82) is 0 Å². The maximum atomic E-state index is 12.7. The standard InChI is InChI=1S/C17H19N5O3/c1-9-7-14(25-20-9)17(24)21-6-4-5-13(21)12-8-15-18-11(3)10(2)16(23)22(15)19-12/h7-8,13,19H,4-6H2,1-3H3/t13-/m1/s1. The van der Waals surface area contributed by atoms with E-state index in [0.29, 0.717) is 29.1 Å². The van der Waals surface area contributed by atoms with Crippen LogP contribution in [0.25, 0.3) is 5.65 Å². The van der Waals surface area contributed by atoms with Gasteiger partial charge in [0.05, 0.1) is 17.4 Å². The fourth-order valence-corrected chi connectivity index (χ4v) is 3.35. The summed E-state index contributed by atoms with van der Waals surface area (Å²) in [6.45, 7) is 6.00. The van der Waals surface area contributed by atoms with Crippen molar-refractivity contribution in [1.82, 2.24) is 24.7 Å². The first-order chi connectivity index (χ1) is 12.0. The Balaban J connectivity index is 1.73. The molecule has 0 aromatic carbocycles. The van der Waals surface area contributed by atoms with Gasteiger partial charge in [-0.05, 0) is 33.6 Å². The van der Waals surface area contributed by atoms with Gasteiger partial charge in [0.2, 0.25) is 5.76 Å². The first-order valence-corrected chi connectivity index (χ1v) is 8.29. The van der Waals surface area contributed by atoms with E-state index >= 15 is 0 Å². The average Bonchev–Trinajstić information content (AvgIpc) is 3.30. The molecule has 0 saturated carbocycles. The fourth-order valence-electron chi connectivity index (χ4n) is 3.35. The van der Waals surface area contributed by atoms with Crippen molar-refractivity contribution < 1.29 is 9.32 Å². The van der Waals surface area contributed by atoms with E-state index in [0.717, 1.165) is 18.5 Å². The lowest BCUT2D eigenvalue weighted by Gasteiger charge is -2.22. The lowest BCUT2D eigenvalue weighted by atomic mass is 10.1. The summed E-state index contributed by atoms with van der Waals surface area (Å²) < 4.78 is 6.55. The van der Waals surface area contributed by atoms with Gasteiger partial charge < -0.3 is 9.42 Å². The number of nitrogens with one attached hydrogen (secondary N) is 1. The molecule has 8 nitrogen and oxygen atoms in total. The van der Waals surface area contributed by atoms with Crippen molar-refractivity contribution >= 4 is 11.6 Å². The maximum absolute atomic E-state index is 12.7. The summed E-state index contributed by atoms with van der Waals surface area (Å²) in [4.78, 5) is 31.4. The Bertz CT molecular complexity index is 1030. The minimum atomic E-state index is -0.186. The molecule has 1 saturated heterocycles. The van der Waals surface area contributed by atoms with Crippen LogP contribution in [0.1, 0.15) is 52.1 Å². The van der Waals surface area contributed by atoms with Gasteiger partial charge in [-0.15, -0.1) is 0 Å². The molecular weight excluding hydrogens is 322 g/mol. The number of likely N-dealkylation sites (tertiary alicyclic amines) is 1. The van der Waals surface area contributed by atoms with Gasteiger partial charge in [0.25, 0.3) is 11.5 Å². The Kier molecular flexibility index (Phi) is 3.48. The highest BCUT2D eigenvalue weighted by Crippen LogP contribution is 2.32. The van der Waals surface area contributed by atoms with Gasteiger partial charge in [0, 0.05) is 29.9 Å². The largest absolute Gasteiger partial charge is 0.351 e. The van der Waals surface area contributed by atoms with E-state index in [2.05, 4.69) is 15.2 Å². The molecule has 1 aliphatic rings. The molecule has 8 heteroatoms. The maximum Gasteiger partial charge on any atom is 0.293 e. The van der Waals surface area contributed by atoms with Crippen LogP contribution in [0.2, 0.25) is 0 Å². The second kappa shape index (κ2) is 5.58. The van der Waals surface area contributed by atoms with E-state index in [4.69, 9.17) is 4.52 Å². The van der Waals surface area contributed by atoms with E-state index < -0.39 is 0 Å². The summed E-state index contributed by atoms with van der Waals surface area (Å²) in [6, 6.07) is 3.34. The molecule has 3 aromatic heterocycles. The Labute approximate surface area is 143 Å². The predicted octanol–water partition coefficient (Wildman–Crippen LogP) is 1.91. The predicted molar refractivity (Wildman–Crippen MR) is 89.5 cm³/mol. The number of hydrogen-bond acceptors (Lipinski definition) is 5. The molecule has 1 aliphatic heterocycles. The molecule has 0 radical (unpaired) electrons. The van der Waals surface area contributed by atoms with Crippen LogP contribution in [-0.4, -0.2) is 37.1 Å². The zero-order valence-corrected chi connectivity index (χ0v) is 14.4. The molecule has 4 heterocycles. The molecule has 0 bridgehead atoms. The zero-order chi connectivity index (χ0) is 17.7. The summed E-state index contributed by atoms with van der Waals surface area (Å²) in [5.41, 5.74) is 3.26. The van der Waals surface area contributed by atoms with E-state index in [1.54, 1.807) is 24.8 Å². The van der Waals surface area contributed by atoms with Gasteiger partial charge in [-0.1, -0.05) is 5.16 Å². The van der Waals surface area contributed by atoms with Crippen LogP contribution < -0.4 is 5.56 Å². The SMILES string of the molecule is Cc1cc(C(=O)N2CCC[C@@H]2c2cc3nc(C)c(C)c(=O)n3[nH]2)on1. The molecule has 4 rings (SSSR count). The third-order valence-electron chi connectivity index (χ3n) is 4.81. The highest BCUT2D eigenvalue weighted by atomic mass is 16.5. The van der Waals surface area contributed by atoms with Crippen molar-refractivity contribution in [2.45, 2.75) is 39.7 Å². The summed E-state index contributed by atoms with van der Waals surface area (Å²) in [6.07, 6.45) is 1.71. The number of nitrogens with zero attached hydrogens (tertiary/aromatic N) is 4. The number of aromatic amines is 1. The monoisotopic (exact) mass is 341 g/mol. The zero-order valence-electron chi connectivity index (χ0n) is 14.4. The number of aryl methyl sites for hydroxylation is 2. The van der Waals surface area contributed by atoms with E-state index in [1.165, 1.54) is 4.52 Å². The normalized spacial score (nSPS) is 17.6. The Morgan fingerprint density at radius 3 is 2.84 bits per heavy atom. The molecular formula is C17H19N5O3. The molecule has 0 unspecified atom stereocenters. The van der Waals surface area contributed by atoms with Crippen LogP contribution in [0.5, 0.6) is 0 Å². The number of fused-ring (bicyclic) bond motifs is 1. The molecule has 0 spiro atoms. The summed E-state index contributed by atoms with van der Waals surface area (Å²) >= 11 is 0. The minimum Gasteiger partial charge on any atom is -0.351 e. The second-order valence-electron chi connectivity index (χ2n) is 6.52. The molecule has 1 N–H and O–H groups in total. The fraction of sp³-hybridized carbons (Fsp3) is 0.412. The second-order valence-corrected chi connectivity index (χ2v) is 6.52. The molecule has 25 heavy (non-hydrogen) atoms. The van der Waals surface area contributed by atoms with Gasteiger partial charge in [-0.2, -0.15) is 0 Å². The highest BCUT2D eigenvalue weighted by molar-refractivity contribution is 5.92. The van der Waals surface area contributed by atoms with Gasteiger partial charge in [0.15, 0.2) is 5.65 Å². The number of carbonyl (C=O) groups excluding carboxylic acids is 1. The topological polar surface area (TPSA) is 96.5 Å².